The van der Waals surface area contributed by atoms with Gasteiger partial charge in [0.05, 0.1) is 33.5 Å². The molecule has 0 saturated carbocycles. The van der Waals surface area contributed by atoms with Gasteiger partial charge in [0.2, 0.25) is 19.9 Å². The number of ether oxygens (including phenoxy) is 2. The first-order valence-electron chi connectivity index (χ1n) is 11.0. The number of esters is 1. The summed E-state index contributed by atoms with van der Waals surface area (Å²) in [5.74, 6) is -1.14. The maximum atomic E-state index is 13.2. The number of ketones is 1. The minimum absolute atomic E-state index is 0.0680. The molecular formula is C25H23NO8S2. The van der Waals surface area contributed by atoms with Gasteiger partial charge in [-0.3, -0.25) is 4.79 Å². The highest BCUT2D eigenvalue weighted by atomic mass is 32.2. The molecule has 1 heterocycles. The molecular weight excluding hydrogens is 506 g/mol. The molecule has 0 N–H and O–H groups in total. The van der Waals surface area contributed by atoms with E-state index in [9.17, 15) is 26.4 Å². The summed E-state index contributed by atoms with van der Waals surface area (Å²) < 4.78 is 63.6. The highest BCUT2D eigenvalue weighted by molar-refractivity contribution is 7.91. The molecule has 4 rings (SSSR count). The maximum Gasteiger partial charge on any atom is 0.338 e. The van der Waals surface area contributed by atoms with Gasteiger partial charge in [0, 0.05) is 18.7 Å². The van der Waals surface area contributed by atoms with Crippen molar-refractivity contribution in [1.29, 1.82) is 0 Å². The van der Waals surface area contributed by atoms with E-state index in [2.05, 4.69) is 0 Å². The standard InChI is InChI=1S/C25H23NO8S2/c27-24(19-5-2-1-3-6-19)18-34-25(28)20-9-11-21(12-10-20)35(29,30)22-7-4-8-23(17-22)36(31,32)26-13-15-33-16-14-26/h1-12,17H,13-16,18H2. The Morgan fingerprint density at radius 3 is 2.06 bits per heavy atom. The third kappa shape index (κ3) is 5.54. The molecule has 1 fully saturated rings. The number of carbonyl (C=O) groups is 2. The smallest absolute Gasteiger partial charge is 0.338 e. The monoisotopic (exact) mass is 529 g/mol. The summed E-state index contributed by atoms with van der Waals surface area (Å²) in [6.07, 6.45) is 0. The van der Waals surface area contributed by atoms with Gasteiger partial charge in [-0.25, -0.2) is 21.6 Å². The van der Waals surface area contributed by atoms with Crippen LogP contribution in [-0.2, 0) is 29.3 Å². The Hall–Kier alpha value is -3.38. The van der Waals surface area contributed by atoms with E-state index in [1.807, 2.05) is 0 Å². The number of morpholine rings is 1. The summed E-state index contributed by atoms with van der Waals surface area (Å²) >= 11 is 0. The van der Waals surface area contributed by atoms with E-state index in [4.69, 9.17) is 9.47 Å². The van der Waals surface area contributed by atoms with Crippen molar-refractivity contribution in [2.45, 2.75) is 14.7 Å². The van der Waals surface area contributed by atoms with Crippen molar-refractivity contribution >= 4 is 31.6 Å². The van der Waals surface area contributed by atoms with Crippen molar-refractivity contribution in [2.24, 2.45) is 0 Å². The van der Waals surface area contributed by atoms with Crippen molar-refractivity contribution in [3.8, 4) is 0 Å². The molecule has 188 valence electrons. The topological polar surface area (TPSA) is 124 Å². The van der Waals surface area contributed by atoms with Crippen molar-refractivity contribution in [2.75, 3.05) is 32.9 Å². The molecule has 0 radical (unpaired) electrons. The first-order chi connectivity index (χ1) is 17.2. The van der Waals surface area contributed by atoms with E-state index in [-0.39, 0.29) is 52.3 Å². The Kier molecular flexibility index (Phi) is 7.65. The molecule has 11 heteroatoms. The molecule has 1 saturated heterocycles. The molecule has 0 bridgehead atoms. The van der Waals surface area contributed by atoms with Crippen LogP contribution in [0.5, 0.6) is 0 Å². The van der Waals surface area contributed by atoms with Gasteiger partial charge in [0.25, 0.3) is 0 Å². The molecule has 0 atom stereocenters. The van der Waals surface area contributed by atoms with Crippen molar-refractivity contribution < 1.29 is 35.9 Å². The summed E-state index contributed by atoms with van der Waals surface area (Å²) in [6.45, 7) is 0.466. The maximum absolute atomic E-state index is 13.2. The molecule has 0 aliphatic carbocycles. The molecule has 3 aromatic rings. The van der Waals surface area contributed by atoms with Gasteiger partial charge in [-0.2, -0.15) is 4.31 Å². The summed E-state index contributed by atoms with van der Waals surface area (Å²) in [5, 5.41) is 0. The van der Waals surface area contributed by atoms with E-state index in [1.54, 1.807) is 30.3 Å². The zero-order chi connectivity index (χ0) is 25.8. The van der Waals surface area contributed by atoms with Crippen LogP contribution in [0, 0.1) is 0 Å². The van der Waals surface area contributed by atoms with E-state index in [1.165, 1.54) is 46.8 Å². The number of nitrogens with zero attached hydrogens (tertiary/aromatic N) is 1. The molecule has 0 amide bonds. The fourth-order valence-electron chi connectivity index (χ4n) is 3.57. The van der Waals surface area contributed by atoms with E-state index in [0.29, 0.717) is 5.56 Å². The lowest BCUT2D eigenvalue weighted by Crippen LogP contribution is -2.40. The first-order valence-corrected chi connectivity index (χ1v) is 13.9. The van der Waals surface area contributed by atoms with Gasteiger partial charge in [-0.05, 0) is 42.5 Å². The van der Waals surface area contributed by atoms with Crippen LogP contribution in [0.25, 0.3) is 0 Å². The zero-order valence-corrected chi connectivity index (χ0v) is 20.7. The number of Topliss-reactive ketones (excluding diaryl/α,β-unsaturated/α-hetero) is 1. The summed E-state index contributed by atoms with van der Waals surface area (Å²) in [6, 6.07) is 18.5. The second-order valence-electron chi connectivity index (χ2n) is 7.88. The molecule has 0 spiro atoms. The number of hydrogen-bond acceptors (Lipinski definition) is 8. The summed E-state index contributed by atoms with van der Waals surface area (Å²) in [4.78, 5) is 24.0. The van der Waals surface area contributed by atoms with Crippen molar-refractivity contribution in [1.82, 2.24) is 4.31 Å². The normalized spacial score (nSPS) is 14.8. The predicted molar refractivity (Wildman–Crippen MR) is 129 cm³/mol. The minimum Gasteiger partial charge on any atom is -0.454 e. The Bertz CT molecular complexity index is 1460. The first kappa shape index (κ1) is 25.7. The zero-order valence-electron chi connectivity index (χ0n) is 19.1. The summed E-state index contributed by atoms with van der Waals surface area (Å²) in [5.41, 5.74) is 0.475. The van der Waals surface area contributed by atoms with Crippen LogP contribution in [0.1, 0.15) is 20.7 Å². The number of sulfonamides is 1. The van der Waals surface area contributed by atoms with Crippen molar-refractivity contribution in [3.05, 3.63) is 90.0 Å². The van der Waals surface area contributed by atoms with Gasteiger partial charge in [-0.15, -0.1) is 0 Å². The number of rotatable bonds is 8. The van der Waals surface area contributed by atoms with E-state index in [0.717, 1.165) is 6.07 Å². The van der Waals surface area contributed by atoms with Gasteiger partial charge in [0.1, 0.15) is 0 Å². The Morgan fingerprint density at radius 1 is 0.750 bits per heavy atom. The molecule has 0 unspecified atom stereocenters. The number of hydrogen-bond donors (Lipinski definition) is 0. The van der Waals surface area contributed by atoms with Gasteiger partial charge < -0.3 is 9.47 Å². The molecule has 1 aliphatic rings. The predicted octanol–water partition coefficient (Wildman–Crippen LogP) is 2.58. The third-order valence-corrected chi connectivity index (χ3v) is 9.22. The van der Waals surface area contributed by atoms with Crippen LogP contribution in [0.2, 0.25) is 0 Å². The number of carbonyl (C=O) groups excluding carboxylic acids is 2. The number of sulfone groups is 1. The largest absolute Gasteiger partial charge is 0.454 e. The lowest BCUT2D eigenvalue weighted by molar-refractivity contribution is 0.0474. The SMILES string of the molecule is O=C(COC(=O)c1ccc(S(=O)(=O)c2cccc(S(=O)(=O)N3CCOCC3)c2)cc1)c1ccccc1. The quantitative estimate of drug-likeness (QED) is 0.322. The van der Waals surface area contributed by atoms with Crippen LogP contribution in [0.4, 0.5) is 0 Å². The second kappa shape index (κ2) is 10.7. The van der Waals surface area contributed by atoms with Gasteiger partial charge >= 0.3 is 5.97 Å². The van der Waals surface area contributed by atoms with Crippen LogP contribution in [-0.4, -0.2) is 65.8 Å². The lowest BCUT2D eigenvalue weighted by Gasteiger charge is -2.26. The minimum atomic E-state index is -4.07. The Morgan fingerprint density at radius 2 is 1.39 bits per heavy atom. The molecule has 3 aromatic carbocycles. The third-order valence-electron chi connectivity index (χ3n) is 5.55. The molecule has 1 aliphatic heterocycles. The highest BCUT2D eigenvalue weighted by Crippen LogP contribution is 2.25. The van der Waals surface area contributed by atoms with Gasteiger partial charge in [-0.1, -0.05) is 36.4 Å². The van der Waals surface area contributed by atoms with Crippen LogP contribution < -0.4 is 0 Å². The Labute approximate surface area is 209 Å². The average molecular weight is 530 g/mol. The highest BCUT2D eigenvalue weighted by Gasteiger charge is 2.28. The van der Waals surface area contributed by atoms with E-state index < -0.39 is 32.4 Å². The number of benzene rings is 3. The fraction of sp³-hybridized carbons (Fsp3) is 0.200. The average Bonchev–Trinajstić information content (AvgIpc) is 2.92. The van der Waals surface area contributed by atoms with Crippen LogP contribution in [0.3, 0.4) is 0 Å². The van der Waals surface area contributed by atoms with Crippen molar-refractivity contribution in [3.63, 3.8) is 0 Å². The van der Waals surface area contributed by atoms with Crippen LogP contribution >= 0.6 is 0 Å². The van der Waals surface area contributed by atoms with Gasteiger partial charge in [0.15, 0.2) is 12.4 Å². The molecule has 9 nitrogen and oxygen atoms in total. The summed E-state index contributed by atoms with van der Waals surface area (Å²) in [7, 11) is -7.95. The van der Waals surface area contributed by atoms with Crippen LogP contribution in [0.15, 0.2) is 93.5 Å². The molecule has 36 heavy (non-hydrogen) atoms. The molecule has 0 aromatic heterocycles. The van der Waals surface area contributed by atoms with E-state index >= 15 is 0 Å². The second-order valence-corrected chi connectivity index (χ2v) is 11.8. The Balaban J connectivity index is 1.48. The lowest BCUT2D eigenvalue weighted by atomic mass is 10.1. The fourth-order valence-corrected chi connectivity index (χ4v) is 6.40.